The summed E-state index contributed by atoms with van der Waals surface area (Å²) in [6.07, 6.45) is 4.81. The fourth-order valence-electron chi connectivity index (χ4n) is 2.71. The molecule has 0 aromatic heterocycles. The van der Waals surface area contributed by atoms with Crippen molar-refractivity contribution < 1.29 is 4.39 Å². The second-order valence-electron chi connectivity index (χ2n) is 4.93. The molecule has 1 aliphatic rings. The van der Waals surface area contributed by atoms with Gasteiger partial charge in [0.15, 0.2) is 0 Å². The van der Waals surface area contributed by atoms with Crippen molar-refractivity contribution in [3.05, 3.63) is 35.1 Å². The summed E-state index contributed by atoms with van der Waals surface area (Å²) in [6, 6.07) is 5.43. The molecule has 0 spiro atoms. The normalized spacial score (nSPS) is 21.6. The molecule has 1 aliphatic carbocycles. The molecule has 0 heterocycles. The van der Waals surface area contributed by atoms with Crippen LogP contribution >= 0.6 is 0 Å². The van der Waals surface area contributed by atoms with Gasteiger partial charge in [0.25, 0.3) is 0 Å². The van der Waals surface area contributed by atoms with Gasteiger partial charge < -0.3 is 0 Å². The lowest BCUT2D eigenvalue weighted by Gasteiger charge is -2.27. The molecule has 0 radical (unpaired) electrons. The van der Waals surface area contributed by atoms with E-state index in [2.05, 4.69) is 6.92 Å². The molecule has 2 rings (SSSR count). The minimum absolute atomic E-state index is 0.00504. The van der Waals surface area contributed by atoms with E-state index in [-0.39, 0.29) is 5.82 Å². The van der Waals surface area contributed by atoms with Gasteiger partial charge >= 0.3 is 0 Å². The fourth-order valence-corrected chi connectivity index (χ4v) is 2.71. The van der Waals surface area contributed by atoms with E-state index in [4.69, 9.17) is 0 Å². The first kappa shape index (κ1) is 18.1. The lowest BCUT2D eigenvalue weighted by Crippen LogP contribution is -2.13. The Morgan fingerprint density at radius 2 is 1.47 bits per heavy atom. The van der Waals surface area contributed by atoms with E-state index < -0.39 is 0 Å². The van der Waals surface area contributed by atoms with Crippen LogP contribution in [0.4, 0.5) is 4.39 Å². The monoisotopic (exact) mass is 266 g/mol. The molecule has 0 atom stereocenters. The van der Waals surface area contributed by atoms with Crippen LogP contribution in [-0.2, 0) is 0 Å². The van der Waals surface area contributed by atoms with E-state index in [1.54, 1.807) is 12.1 Å². The van der Waals surface area contributed by atoms with Crippen LogP contribution in [0.5, 0.6) is 0 Å². The molecule has 1 heteroatoms. The minimum atomic E-state index is -0.00504. The first-order valence-corrected chi connectivity index (χ1v) is 7.93. The number of aryl methyl sites for hydroxylation is 1. The molecule has 0 aliphatic heterocycles. The van der Waals surface area contributed by atoms with Crippen LogP contribution < -0.4 is 0 Å². The first-order valence-electron chi connectivity index (χ1n) is 7.93. The maximum Gasteiger partial charge on any atom is 0.126 e. The summed E-state index contributed by atoms with van der Waals surface area (Å²) in [5.41, 5.74) is 2.10. The lowest BCUT2D eigenvalue weighted by atomic mass is 9.78. The van der Waals surface area contributed by atoms with Gasteiger partial charge in [0.05, 0.1) is 0 Å². The molecule has 0 saturated heterocycles. The molecule has 1 saturated carbocycles. The highest BCUT2D eigenvalue weighted by Crippen LogP contribution is 2.37. The Balaban J connectivity index is 0.000000741. The topological polar surface area (TPSA) is 0 Å². The van der Waals surface area contributed by atoms with Crippen LogP contribution in [0.25, 0.3) is 0 Å². The molecule has 1 aromatic rings. The maximum absolute atomic E-state index is 13.7. The molecule has 0 nitrogen and oxygen atoms in total. The summed E-state index contributed by atoms with van der Waals surface area (Å²) in [5, 5.41) is 0. The molecule has 19 heavy (non-hydrogen) atoms. The van der Waals surface area contributed by atoms with Crippen molar-refractivity contribution in [2.24, 2.45) is 5.92 Å². The standard InChI is InChI=1S/C14H19F.2C2H6/c1-10-6-8-12(9-7-10)14-11(2)4-3-5-13(14)15;2*1-2/h3-5,10,12H,6-9H2,1-2H3;2*1-2H3. The fraction of sp³-hybridized carbons (Fsp3) is 0.667. The van der Waals surface area contributed by atoms with Gasteiger partial charge in [-0.05, 0) is 48.8 Å². The van der Waals surface area contributed by atoms with Crippen LogP contribution in [0, 0.1) is 18.7 Å². The molecule has 0 bridgehead atoms. The second-order valence-corrected chi connectivity index (χ2v) is 4.93. The van der Waals surface area contributed by atoms with E-state index in [1.807, 2.05) is 40.7 Å². The van der Waals surface area contributed by atoms with Crippen molar-refractivity contribution in [1.82, 2.24) is 0 Å². The van der Waals surface area contributed by atoms with Crippen molar-refractivity contribution in [2.75, 3.05) is 0 Å². The Morgan fingerprint density at radius 3 is 1.95 bits per heavy atom. The highest BCUT2D eigenvalue weighted by molar-refractivity contribution is 5.31. The average Bonchev–Trinajstić information content (AvgIpc) is 2.45. The Morgan fingerprint density at radius 1 is 0.947 bits per heavy atom. The SMILES string of the molecule is CC.CC.Cc1cccc(F)c1C1CCC(C)CC1. The molecule has 0 amide bonds. The third kappa shape index (κ3) is 5.34. The smallest absolute Gasteiger partial charge is 0.126 e. The van der Waals surface area contributed by atoms with Crippen molar-refractivity contribution in [3.8, 4) is 0 Å². The van der Waals surface area contributed by atoms with Crippen molar-refractivity contribution >= 4 is 0 Å². The zero-order valence-electron chi connectivity index (χ0n) is 13.6. The number of rotatable bonds is 1. The van der Waals surface area contributed by atoms with Crippen LogP contribution in [0.2, 0.25) is 0 Å². The number of hydrogen-bond donors (Lipinski definition) is 0. The second kappa shape index (κ2) is 10.00. The summed E-state index contributed by atoms with van der Waals surface area (Å²) >= 11 is 0. The predicted octanol–water partition coefficient (Wildman–Crippen LogP) is 6.48. The van der Waals surface area contributed by atoms with E-state index in [0.29, 0.717) is 5.92 Å². The van der Waals surface area contributed by atoms with Gasteiger partial charge in [0.1, 0.15) is 5.82 Å². The highest BCUT2D eigenvalue weighted by atomic mass is 19.1. The molecule has 0 unspecified atom stereocenters. The summed E-state index contributed by atoms with van der Waals surface area (Å²) in [7, 11) is 0. The molecule has 1 aromatic carbocycles. The van der Waals surface area contributed by atoms with E-state index in [9.17, 15) is 4.39 Å². The molecule has 0 N–H and O–H groups in total. The van der Waals surface area contributed by atoms with Crippen LogP contribution in [-0.4, -0.2) is 0 Å². The summed E-state index contributed by atoms with van der Waals surface area (Å²) in [5.74, 6) is 1.28. The average molecular weight is 266 g/mol. The molecular weight excluding hydrogens is 235 g/mol. The van der Waals surface area contributed by atoms with E-state index >= 15 is 0 Å². The van der Waals surface area contributed by atoms with Crippen LogP contribution in [0.3, 0.4) is 0 Å². The first-order chi connectivity index (χ1) is 9.18. The number of benzene rings is 1. The molecular formula is C18H31F. The van der Waals surface area contributed by atoms with Gasteiger partial charge in [0.2, 0.25) is 0 Å². The van der Waals surface area contributed by atoms with Gasteiger partial charge in [-0.2, -0.15) is 0 Å². The quantitative estimate of drug-likeness (QED) is 0.545. The molecule has 1 fully saturated rings. The highest BCUT2D eigenvalue weighted by Gasteiger charge is 2.23. The van der Waals surface area contributed by atoms with Crippen molar-refractivity contribution in [2.45, 2.75) is 73.1 Å². The predicted molar refractivity (Wildman–Crippen MR) is 84.2 cm³/mol. The van der Waals surface area contributed by atoms with Gasteiger partial charge in [-0.15, -0.1) is 0 Å². The van der Waals surface area contributed by atoms with Crippen molar-refractivity contribution in [1.29, 1.82) is 0 Å². The number of hydrogen-bond acceptors (Lipinski definition) is 0. The maximum atomic E-state index is 13.7. The lowest BCUT2D eigenvalue weighted by molar-refractivity contribution is 0.341. The number of halogens is 1. The van der Waals surface area contributed by atoms with E-state index in [0.717, 1.165) is 29.9 Å². The largest absolute Gasteiger partial charge is 0.207 e. The zero-order valence-corrected chi connectivity index (χ0v) is 13.6. The summed E-state index contributed by atoms with van der Waals surface area (Å²) < 4.78 is 13.7. The Labute approximate surface area is 119 Å². The van der Waals surface area contributed by atoms with Gasteiger partial charge in [-0.25, -0.2) is 4.39 Å². The Hall–Kier alpha value is -0.850. The van der Waals surface area contributed by atoms with Gasteiger partial charge in [-0.3, -0.25) is 0 Å². The third-order valence-electron chi connectivity index (χ3n) is 3.70. The van der Waals surface area contributed by atoms with Gasteiger partial charge in [-0.1, -0.05) is 59.6 Å². The van der Waals surface area contributed by atoms with E-state index in [1.165, 1.54) is 12.8 Å². The van der Waals surface area contributed by atoms with Crippen LogP contribution in [0.1, 0.15) is 77.3 Å². The third-order valence-corrected chi connectivity index (χ3v) is 3.70. The summed E-state index contributed by atoms with van der Waals surface area (Å²) in [6.45, 7) is 12.3. The zero-order chi connectivity index (χ0) is 14.8. The van der Waals surface area contributed by atoms with Crippen molar-refractivity contribution in [3.63, 3.8) is 0 Å². The Kier molecular flexibility index (Phi) is 9.55. The summed E-state index contributed by atoms with van der Waals surface area (Å²) in [4.78, 5) is 0. The van der Waals surface area contributed by atoms with Gasteiger partial charge in [0, 0.05) is 0 Å². The Bertz CT molecular complexity index is 315. The van der Waals surface area contributed by atoms with Crippen LogP contribution in [0.15, 0.2) is 18.2 Å². The molecule has 110 valence electrons. The minimum Gasteiger partial charge on any atom is -0.207 e.